The number of carbonyl (C=O) groups is 1. The molecule has 1 aliphatic heterocycles. The third-order valence-corrected chi connectivity index (χ3v) is 6.32. The fourth-order valence-corrected chi connectivity index (χ4v) is 5.04. The van der Waals surface area contributed by atoms with Gasteiger partial charge in [0, 0.05) is 24.5 Å². The number of aryl methyl sites for hydroxylation is 1. The number of nitrogens with one attached hydrogen (secondary N) is 1. The Morgan fingerprint density at radius 1 is 1.27 bits per heavy atom. The van der Waals surface area contributed by atoms with Crippen LogP contribution < -0.4 is 5.32 Å². The normalized spacial score (nSPS) is 25.5. The van der Waals surface area contributed by atoms with Gasteiger partial charge in [0.25, 0.3) is 0 Å². The Balaban J connectivity index is 1.38. The maximum absolute atomic E-state index is 12.3. The van der Waals surface area contributed by atoms with Crippen molar-refractivity contribution in [2.24, 2.45) is 11.8 Å². The van der Waals surface area contributed by atoms with Crippen molar-refractivity contribution in [2.45, 2.75) is 52.2 Å². The summed E-state index contributed by atoms with van der Waals surface area (Å²) in [6, 6.07) is 2.51. The highest BCUT2D eigenvalue weighted by molar-refractivity contribution is 7.17. The molecular weight excluding hydrogens is 348 g/mol. The maximum Gasteiger partial charge on any atom is 0.410 e. The first-order valence-corrected chi connectivity index (χ1v) is 10.1. The summed E-state index contributed by atoms with van der Waals surface area (Å²) < 4.78 is 6.72. The molecule has 1 amide bonds. The molecule has 0 bridgehead atoms. The van der Waals surface area contributed by atoms with Gasteiger partial charge in [0.05, 0.1) is 10.4 Å². The Kier molecular flexibility index (Phi) is 4.29. The topological polar surface area (TPSA) is 67.4 Å². The molecule has 6 nitrogen and oxygen atoms in total. The Hall–Kier alpha value is -1.89. The van der Waals surface area contributed by atoms with E-state index in [1.54, 1.807) is 11.3 Å². The molecule has 7 heteroatoms. The molecule has 140 valence electrons. The molecule has 0 aromatic carbocycles. The molecule has 2 fully saturated rings. The molecule has 2 aromatic heterocycles. The molecule has 2 unspecified atom stereocenters. The van der Waals surface area contributed by atoms with Crippen molar-refractivity contribution in [3.05, 3.63) is 17.1 Å². The molecule has 1 aliphatic carbocycles. The van der Waals surface area contributed by atoms with E-state index in [4.69, 9.17) is 4.74 Å². The summed E-state index contributed by atoms with van der Waals surface area (Å²) in [5, 5.41) is 15.5. The van der Waals surface area contributed by atoms with Crippen LogP contribution in [0.4, 0.5) is 10.6 Å². The smallest absolute Gasteiger partial charge is 0.410 e. The van der Waals surface area contributed by atoms with Gasteiger partial charge < -0.3 is 15.0 Å². The zero-order valence-corrected chi connectivity index (χ0v) is 16.6. The Morgan fingerprint density at radius 3 is 2.62 bits per heavy atom. The fraction of sp³-hybridized carbons (Fsp3) is 0.632. The van der Waals surface area contributed by atoms with E-state index >= 15 is 0 Å². The van der Waals surface area contributed by atoms with Crippen LogP contribution in [0.15, 0.2) is 11.4 Å². The van der Waals surface area contributed by atoms with Crippen LogP contribution in [0, 0.1) is 18.8 Å². The van der Waals surface area contributed by atoms with Gasteiger partial charge in [-0.15, -0.1) is 16.4 Å². The summed E-state index contributed by atoms with van der Waals surface area (Å²) in [7, 11) is 0. The minimum atomic E-state index is -0.436. The number of anilines is 1. The number of fused-ring (bicyclic) bond motifs is 2. The van der Waals surface area contributed by atoms with Crippen molar-refractivity contribution in [1.82, 2.24) is 15.1 Å². The SMILES string of the molecule is Cc1nnc(NC2CC3CN(C(=O)OC(C)(C)C)C[C@H]3C2)c2ccsc12. The number of rotatable bonds is 2. The number of ether oxygens (including phenoxy) is 1. The summed E-state index contributed by atoms with van der Waals surface area (Å²) in [6.07, 6.45) is 1.94. The molecule has 3 heterocycles. The second-order valence-electron chi connectivity index (χ2n) is 8.52. The first-order valence-electron chi connectivity index (χ1n) is 9.25. The summed E-state index contributed by atoms with van der Waals surface area (Å²) in [5.41, 5.74) is 0.548. The van der Waals surface area contributed by atoms with Crippen molar-refractivity contribution in [2.75, 3.05) is 18.4 Å². The molecule has 3 atom stereocenters. The van der Waals surface area contributed by atoms with Gasteiger partial charge in [-0.05, 0) is 63.8 Å². The molecule has 2 aromatic rings. The highest BCUT2D eigenvalue weighted by atomic mass is 32.1. The van der Waals surface area contributed by atoms with Crippen molar-refractivity contribution in [3.8, 4) is 0 Å². The van der Waals surface area contributed by atoms with Crippen molar-refractivity contribution in [1.29, 1.82) is 0 Å². The average molecular weight is 375 g/mol. The van der Waals surface area contributed by atoms with E-state index < -0.39 is 5.60 Å². The van der Waals surface area contributed by atoms with E-state index in [2.05, 4.69) is 27.0 Å². The lowest BCUT2D eigenvalue weighted by Crippen LogP contribution is -2.36. The monoisotopic (exact) mass is 374 g/mol. The molecule has 4 rings (SSSR count). The average Bonchev–Trinajstić information content (AvgIpc) is 3.22. The summed E-state index contributed by atoms with van der Waals surface area (Å²) in [5.74, 6) is 1.97. The van der Waals surface area contributed by atoms with Gasteiger partial charge in [0.15, 0.2) is 5.82 Å². The number of hydrogen-bond donors (Lipinski definition) is 1. The Bertz CT molecular complexity index is 815. The number of nitrogens with zero attached hydrogens (tertiary/aromatic N) is 3. The van der Waals surface area contributed by atoms with E-state index in [0.29, 0.717) is 17.9 Å². The lowest BCUT2D eigenvalue weighted by Gasteiger charge is -2.25. The standard InChI is InChI=1S/C19H26N4O2S/c1-11-16-15(5-6-26-16)17(22-21-11)20-14-7-12-9-23(10-13(12)8-14)18(24)25-19(2,3)4/h5-6,12-14H,7-10H2,1-4H3,(H,20,22)/t12-,13?,14?/m1/s1. The summed E-state index contributed by atoms with van der Waals surface area (Å²) in [4.78, 5) is 14.2. The molecule has 1 saturated carbocycles. The van der Waals surface area contributed by atoms with E-state index in [1.165, 1.54) is 4.70 Å². The van der Waals surface area contributed by atoms with Crippen molar-refractivity contribution < 1.29 is 9.53 Å². The van der Waals surface area contributed by atoms with Crippen LogP contribution in [-0.4, -0.2) is 45.9 Å². The molecule has 2 aliphatic rings. The minimum absolute atomic E-state index is 0.180. The van der Waals surface area contributed by atoms with Gasteiger partial charge in [0.2, 0.25) is 0 Å². The second kappa shape index (κ2) is 6.37. The number of aromatic nitrogens is 2. The molecule has 0 radical (unpaired) electrons. The predicted molar refractivity (Wildman–Crippen MR) is 104 cm³/mol. The highest BCUT2D eigenvalue weighted by Gasteiger charge is 2.43. The highest BCUT2D eigenvalue weighted by Crippen LogP contribution is 2.40. The van der Waals surface area contributed by atoms with Crippen LogP contribution in [0.3, 0.4) is 0 Å². The molecule has 1 saturated heterocycles. The molecular formula is C19H26N4O2S. The van der Waals surface area contributed by atoms with Gasteiger partial charge in [-0.1, -0.05) is 0 Å². The van der Waals surface area contributed by atoms with Gasteiger partial charge in [-0.3, -0.25) is 0 Å². The second-order valence-corrected chi connectivity index (χ2v) is 9.43. The van der Waals surface area contributed by atoms with E-state index in [-0.39, 0.29) is 6.09 Å². The summed E-state index contributed by atoms with van der Waals surface area (Å²) >= 11 is 1.71. The lowest BCUT2D eigenvalue weighted by molar-refractivity contribution is 0.0280. The van der Waals surface area contributed by atoms with E-state index in [0.717, 1.165) is 42.8 Å². The number of amides is 1. The minimum Gasteiger partial charge on any atom is -0.444 e. The van der Waals surface area contributed by atoms with Gasteiger partial charge in [-0.2, -0.15) is 5.10 Å². The summed E-state index contributed by atoms with van der Waals surface area (Å²) in [6.45, 7) is 9.33. The molecule has 26 heavy (non-hydrogen) atoms. The lowest BCUT2D eigenvalue weighted by atomic mass is 10.0. The predicted octanol–water partition coefficient (Wildman–Crippen LogP) is 4.06. The first kappa shape index (κ1) is 17.5. The third-order valence-electron chi connectivity index (χ3n) is 5.29. The fourth-order valence-electron chi connectivity index (χ4n) is 4.19. The zero-order chi connectivity index (χ0) is 18.5. The largest absolute Gasteiger partial charge is 0.444 e. The number of thiophene rings is 1. The van der Waals surface area contributed by atoms with Crippen molar-refractivity contribution >= 4 is 33.3 Å². The number of carbonyl (C=O) groups excluding carboxylic acids is 1. The van der Waals surface area contributed by atoms with E-state index in [1.807, 2.05) is 32.6 Å². The van der Waals surface area contributed by atoms with Crippen LogP contribution in [0.2, 0.25) is 0 Å². The number of likely N-dealkylation sites (tertiary alicyclic amines) is 1. The Morgan fingerprint density at radius 2 is 1.96 bits per heavy atom. The number of hydrogen-bond acceptors (Lipinski definition) is 6. The van der Waals surface area contributed by atoms with E-state index in [9.17, 15) is 4.79 Å². The molecule has 1 N–H and O–H groups in total. The quantitative estimate of drug-likeness (QED) is 0.859. The maximum atomic E-state index is 12.3. The van der Waals surface area contributed by atoms with Gasteiger partial charge >= 0.3 is 6.09 Å². The Labute approximate surface area is 157 Å². The van der Waals surface area contributed by atoms with Crippen LogP contribution in [-0.2, 0) is 4.74 Å². The molecule has 0 spiro atoms. The van der Waals surface area contributed by atoms with Crippen molar-refractivity contribution in [3.63, 3.8) is 0 Å². The van der Waals surface area contributed by atoms with Gasteiger partial charge in [0.1, 0.15) is 5.60 Å². The van der Waals surface area contributed by atoms with Crippen LogP contribution in [0.5, 0.6) is 0 Å². The van der Waals surface area contributed by atoms with Crippen LogP contribution in [0.1, 0.15) is 39.3 Å². The van der Waals surface area contributed by atoms with Crippen LogP contribution >= 0.6 is 11.3 Å². The van der Waals surface area contributed by atoms with Gasteiger partial charge in [-0.25, -0.2) is 4.79 Å². The zero-order valence-electron chi connectivity index (χ0n) is 15.8. The third kappa shape index (κ3) is 3.37. The first-order chi connectivity index (χ1) is 12.3. The van der Waals surface area contributed by atoms with Crippen LogP contribution in [0.25, 0.3) is 10.1 Å².